The molecular weight excluding hydrogens is 631 g/mol. The fourth-order valence-electron chi connectivity index (χ4n) is 7.73. The van der Waals surface area contributed by atoms with Crippen LogP contribution in [0.5, 0.6) is 0 Å². The van der Waals surface area contributed by atoms with Gasteiger partial charge in [-0.05, 0) is 92.0 Å². The van der Waals surface area contributed by atoms with Gasteiger partial charge in [0.25, 0.3) is 0 Å². The zero-order chi connectivity index (χ0) is 34.4. The Bertz CT molecular complexity index is 2880. The molecule has 0 saturated carbocycles. The average molecular weight is 664 g/mol. The Kier molecular flexibility index (Phi) is 7.18. The van der Waals surface area contributed by atoms with Crippen molar-refractivity contribution < 1.29 is 4.42 Å². The second-order valence-electron chi connectivity index (χ2n) is 13.3. The van der Waals surface area contributed by atoms with Gasteiger partial charge in [0, 0.05) is 22.1 Å². The summed E-state index contributed by atoms with van der Waals surface area (Å²) in [4.78, 5) is 2.38. The van der Waals surface area contributed by atoms with E-state index in [4.69, 9.17) is 4.42 Å². The molecule has 0 saturated heterocycles. The van der Waals surface area contributed by atoms with Gasteiger partial charge in [0.05, 0.1) is 11.1 Å². The number of rotatable bonds is 6. The van der Waals surface area contributed by atoms with Crippen molar-refractivity contribution in [3.8, 4) is 33.4 Å². The zero-order valence-corrected chi connectivity index (χ0v) is 28.4. The molecule has 0 amide bonds. The highest BCUT2D eigenvalue weighted by molar-refractivity contribution is 6.19. The van der Waals surface area contributed by atoms with E-state index in [-0.39, 0.29) is 0 Å². The van der Waals surface area contributed by atoms with Crippen LogP contribution in [0.25, 0.3) is 76.9 Å². The minimum absolute atomic E-state index is 0.870. The number of anilines is 3. The Balaban J connectivity index is 1.14. The molecule has 0 radical (unpaired) electrons. The highest BCUT2D eigenvalue weighted by atomic mass is 16.3. The van der Waals surface area contributed by atoms with Crippen molar-refractivity contribution in [1.29, 1.82) is 0 Å². The molecule has 0 atom stereocenters. The first-order valence-electron chi connectivity index (χ1n) is 17.8. The Morgan fingerprint density at radius 1 is 0.346 bits per heavy atom. The summed E-state index contributed by atoms with van der Waals surface area (Å²) >= 11 is 0. The summed E-state index contributed by atoms with van der Waals surface area (Å²) in [5, 5.41) is 6.97. The first-order valence-corrected chi connectivity index (χ1v) is 17.8. The lowest BCUT2D eigenvalue weighted by Gasteiger charge is -2.27. The summed E-state index contributed by atoms with van der Waals surface area (Å²) in [6, 6.07) is 71.6. The third kappa shape index (κ3) is 5.12. The summed E-state index contributed by atoms with van der Waals surface area (Å²) in [6.45, 7) is 0. The van der Waals surface area contributed by atoms with E-state index in [1.165, 1.54) is 49.5 Å². The predicted molar refractivity (Wildman–Crippen MR) is 220 cm³/mol. The number of furan rings is 1. The highest BCUT2D eigenvalue weighted by Crippen LogP contribution is 2.45. The lowest BCUT2D eigenvalue weighted by atomic mass is 9.97. The van der Waals surface area contributed by atoms with E-state index < -0.39 is 0 Å². The molecule has 2 nitrogen and oxygen atoms in total. The van der Waals surface area contributed by atoms with Crippen LogP contribution in [0, 0.1) is 0 Å². The quantitative estimate of drug-likeness (QED) is 0.176. The average Bonchev–Trinajstić information content (AvgIpc) is 3.62. The van der Waals surface area contributed by atoms with Crippen molar-refractivity contribution in [2.24, 2.45) is 0 Å². The zero-order valence-electron chi connectivity index (χ0n) is 28.4. The van der Waals surface area contributed by atoms with Crippen LogP contribution in [-0.2, 0) is 0 Å². The van der Waals surface area contributed by atoms with E-state index >= 15 is 0 Å². The van der Waals surface area contributed by atoms with Crippen LogP contribution in [0.15, 0.2) is 205 Å². The van der Waals surface area contributed by atoms with Crippen molar-refractivity contribution in [1.82, 2.24) is 0 Å². The standard InChI is InChI=1S/C50H33NO/c1-2-11-34(12-3-1)35-23-25-36(26-24-35)37-27-30-41(31-28-37)51(42-17-8-16-40(33-42)44-20-9-15-38-13-4-6-18-43(38)44)47-21-10-22-48-49(47)46-32-29-39-14-5-7-19-45(39)50(46)52-48/h1-33H. The molecule has 0 spiro atoms. The Labute approximate surface area is 302 Å². The fourth-order valence-corrected chi connectivity index (χ4v) is 7.73. The normalized spacial score (nSPS) is 11.5. The number of nitrogens with zero attached hydrogens (tertiary/aromatic N) is 1. The van der Waals surface area contributed by atoms with Crippen LogP contribution < -0.4 is 4.90 Å². The molecule has 2 heteroatoms. The second kappa shape index (κ2) is 12.5. The van der Waals surface area contributed by atoms with Gasteiger partial charge in [-0.3, -0.25) is 0 Å². The van der Waals surface area contributed by atoms with Crippen LogP contribution in [0.1, 0.15) is 0 Å². The minimum Gasteiger partial charge on any atom is -0.455 e. The topological polar surface area (TPSA) is 16.4 Å². The molecule has 10 rings (SSSR count). The van der Waals surface area contributed by atoms with Crippen molar-refractivity contribution in [2.45, 2.75) is 0 Å². The van der Waals surface area contributed by atoms with E-state index in [0.717, 1.165) is 44.4 Å². The number of fused-ring (bicyclic) bond motifs is 6. The molecule has 0 aliphatic rings. The molecule has 0 aliphatic carbocycles. The highest BCUT2D eigenvalue weighted by Gasteiger charge is 2.21. The number of benzene rings is 9. The van der Waals surface area contributed by atoms with Crippen LogP contribution in [-0.4, -0.2) is 0 Å². The van der Waals surface area contributed by atoms with Gasteiger partial charge in [0.15, 0.2) is 0 Å². The number of hydrogen-bond acceptors (Lipinski definition) is 2. The maximum atomic E-state index is 6.66. The van der Waals surface area contributed by atoms with Crippen LogP contribution >= 0.6 is 0 Å². The maximum absolute atomic E-state index is 6.66. The molecule has 0 bridgehead atoms. The molecule has 9 aromatic carbocycles. The monoisotopic (exact) mass is 663 g/mol. The van der Waals surface area contributed by atoms with Crippen LogP contribution in [0.2, 0.25) is 0 Å². The van der Waals surface area contributed by atoms with Crippen molar-refractivity contribution in [3.63, 3.8) is 0 Å². The molecule has 0 aliphatic heterocycles. The van der Waals surface area contributed by atoms with E-state index in [0.29, 0.717) is 0 Å². The summed E-state index contributed by atoms with van der Waals surface area (Å²) in [6.07, 6.45) is 0. The molecular formula is C50H33NO. The smallest absolute Gasteiger partial charge is 0.143 e. The van der Waals surface area contributed by atoms with Gasteiger partial charge in [0.1, 0.15) is 11.2 Å². The van der Waals surface area contributed by atoms with E-state index in [1.807, 2.05) is 0 Å². The number of hydrogen-bond donors (Lipinski definition) is 0. The maximum Gasteiger partial charge on any atom is 0.143 e. The lowest BCUT2D eigenvalue weighted by molar-refractivity contribution is 0.672. The van der Waals surface area contributed by atoms with Gasteiger partial charge in [-0.25, -0.2) is 0 Å². The van der Waals surface area contributed by atoms with Crippen molar-refractivity contribution >= 4 is 60.5 Å². The Morgan fingerprint density at radius 3 is 1.69 bits per heavy atom. The molecule has 0 N–H and O–H groups in total. The minimum atomic E-state index is 0.870. The fraction of sp³-hybridized carbons (Fsp3) is 0. The first kappa shape index (κ1) is 30.0. The summed E-state index contributed by atoms with van der Waals surface area (Å²) in [5.74, 6) is 0. The SMILES string of the molecule is c1ccc(-c2ccc(-c3ccc(N(c4cccc(-c5cccc6ccccc56)c4)c4cccc5oc6c7ccccc7ccc6c45)cc3)cc2)cc1. The largest absolute Gasteiger partial charge is 0.455 e. The molecule has 10 aromatic rings. The van der Waals surface area contributed by atoms with Crippen LogP contribution in [0.4, 0.5) is 17.1 Å². The van der Waals surface area contributed by atoms with Crippen molar-refractivity contribution in [3.05, 3.63) is 200 Å². The van der Waals surface area contributed by atoms with Crippen LogP contribution in [0.3, 0.4) is 0 Å². The third-order valence-electron chi connectivity index (χ3n) is 10.3. The second-order valence-corrected chi connectivity index (χ2v) is 13.3. The molecule has 1 aromatic heterocycles. The van der Waals surface area contributed by atoms with E-state index in [1.54, 1.807) is 0 Å². The molecule has 52 heavy (non-hydrogen) atoms. The molecule has 244 valence electrons. The predicted octanol–water partition coefficient (Wildman–Crippen LogP) is 14.4. The Hall–Kier alpha value is -6.90. The van der Waals surface area contributed by atoms with Gasteiger partial charge in [-0.15, -0.1) is 0 Å². The molecule has 1 heterocycles. The summed E-state index contributed by atoms with van der Waals surface area (Å²) < 4.78 is 6.66. The van der Waals surface area contributed by atoms with Gasteiger partial charge < -0.3 is 9.32 Å². The van der Waals surface area contributed by atoms with Gasteiger partial charge in [0.2, 0.25) is 0 Å². The Morgan fingerprint density at radius 2 is 0.923 bits per heavy atom. The summed E-state index contributed by atoms with van der Waals surface area (Å²) in [5.41, 5.74) is 12.2. The third-order valence-corrected chi connectivity index (χ3v) is 10.3. The van der Waals surface area contributed by atoms with Gasteiger partial charge in [-0.1, -0.05) is 158 Å². The van der Waals surface area contributed by atoms with E-state index in [2.05, 4.69) is 205 Å². The summed E-state index contributed by atoms with van der Waals surface area (Å²) in [7, 11) is 0. The van der Waals surface area contributed by atoms with Gasteiger partial charge in [-0.2, -0.15) is 0 Å². The van der Waals surface area contributed by atoms with Gasteiger partial charge >= 0.3 is 0 Å². The van der Waals surface area contributed by atoms with E-state index in [9.17, 15) is 0 Å². The van der Waals surface area contributed by atoms with Crippen molar-refractivity contribution in [2.75, 3.05) is 4.90 Å². The first-order chi connectivity index (χ1) is 25.8. The molecule has 0 unspecified atom stereocenters. The lowest BCUT2D eigenvalue weighted by Crippen LogP contribution is -2.10. The molecule has 0 fully saturated rings.